The van der Waals surface area contributed by atoms with Gasteiger partial charge in [0.05, 0.1) is 6.10 Å². The molecular weight excluding hydrogens is 224 g/mol. The molecule has 0 aliphatic heterocycles. The predicted octanol–water partition coefficient (Wildman–Crippen LogP) is 3.95. The maximum Gasteiger partial charge on any atom is 0.150 e. The minimum atomic E-state index is 0.165. The van der Waals surface area contributed by atoms with Crippen LogP contribution in [-0.4, -0.2) is 12.4 Å². The first kappa shape index (κ1) is 12.4. The van der Waals surface area contributed by atoms with E-state index in [0.29, 0.717) is 5.56 Å². The normalized spacial score (nSPS) is 10.4. The van der Waals surface area contributed by atoms with Crippen molar-refractivity contribution in [2.75, 3.05) is 0 Å². The van der Waals surface area contributed by atoms with E-state index in [1.807, 2.05) is 62.4 Å². The molecule has 0 spiro atoms. The summed E-state index contributed by atoms with van der Waals surface area (Å²) in [5.74, 6) is 0.863. The van der Waals surface area contributed by atoms with Crippen molar-refractivity contribution in [1.29, 1.82) is 0 Å². The van der Waals surface area contributed by atoms with Crippen LogP contribution in [0, 0.1) is 0 Å². The van der Waals surface area contributed by atoms with Crippen LogP contribution in [0.15, 0.2) is 48.5 Å². The molecular formula is C16H16O2. The Kier molecular flexibility index (Phi) is 3.78. The summed E-state index contributed by atoms with van der Waals surface area (Å²) in [5, 5.41) is 0. The Morgan fingerprint density at radius 3 is 2.33 bits per heavy atom. The fourth-order valence-electron chi connectivity index (χ4n) is 1.78. The third kappa shape index (κ3) is 2.98. The molecule has 0 amide bonds. The molecule has 0 aromatic heterocycles. The Balaban J connectivity index is 2.29. The number of hydrogen-bond donors (Lipinski definition) is 0. The van der Waals surface area contributed by atoms with E-state index >= 15 is 0 Å². The van der Waals surface area contributed by atoms with Crippen LogP contribution >= 0.6 is 0 Å². The molecule has 0 radical (unpaired) electrons. The molecule has 2 aromatic rings. The topological polar surface area (TPSA) is 26.3 Å². The van der Waals surface area contributed by atoms with Gasteiger partial charge in [-0.3, -0.25) is 4.79 Å². The van der Waals surface area contributed by atoms with Crippen molar-refractivity contribution in [3.8, 4) is 16.9 Å². The van der Waals surface area contributed by atoms with Crippen LogP contribution < -0.4 is 4.74 Å². The van der Waals surface area contributed by atoms with E-state index in [1.165, 1.54) is 0 Å². The van der Waals surface area contributed by atoms with E-state index in [4.69, 9.17) is 4.74 Å². The van der Waals surface area contributed by atoms with Crippen molar-refractivity contribution in [2.24, 2.45) is 0 Å². The fourth-order valence-corrected chi connectivity index (χ4v) is 1.78. The summed E-state index contributed by atoms with van der Waals surface area (Å²) in [6.07, 6.45) is 1.01. The molecule has 2 rings (SSSR count). The highest BCUT2D eigenvalue weighted by atomic mass is 16.5. The quantitative estimate of drug-likeness (QED) is 0.756. The van der Waals surface area contributed by atoms with Crippen LogP contribution in [0.5, 0.6) is 5.75 Å². The van der Waals surface area contributed by atoms with Gasteiger partial charge in [-0.1, -0.05) is 36.4 Å². The van der Waals surface area contributed by atoms with Crippen molar-refractivity contribution >= 4 is 6.29 Å². The minimum Gasteiger partial charge on any atom is -0.491 e. The van der Waals surface area contributed by atoms with E-state index < -0.39 is 0 Å². The van der Waals surface area contributed by atoms with Gasteiger partial charge in [-0.15, -0.1) is 0 Å². The molecule has 0 aliphatic rings. The highest BCUT2D eigenvalue weighted by Crippen LogP contribution is 2.24. The SMILES string of the molecule is CC(C)Oc1cccc(-c2ccc(C=O)cc2)c1. The monoisotopic (exact) mass is 240 g/mol. The third-order valence-corrected chi connectivity index (χ3v) is 2.59. The highest BCUT2D eigenvalue weighted by Gasteiger charge is 2.02. The summed E-state index contributed by atoms with van der Waals surface area (Å²) in [5.41, 5.74) is 2.86. The number of hydrogen-bond acceptors (Lipinski definition) is 2. The third-order valence-electron chi connectivity index (χ3n) is 2.59. The summed E-state index contributed by atoms with van der Waals surface area (Å²) in [7, 11) is 0. The molecule has 0 saturated heterocycles. The summed E-state index contributed by atoms with van der Waals surface area (Å²) in [4.78, 5) is 10.6. The molecule has 0 saturated carbocycles. The lowest BCUT2D eigenvalue weighted by Gasteiger charge is -2.11. The van der Waals surface area contributed by atoms with E-state index in [2.05, 4.69) is 0 Å². The van der Waals surface area contributed by atoms with Gasteiger partial charge >= 0.3 is 0 Å². The number of carbonyl (C=O) groups is 1. The zero-order chi connectivity index (χ0) is 13.0. The Hall–Kier alpha value is -2.09. The lowest BCUT2D eigenvalue weighted by atomic mass is 10.0. The van der Waals surface area contributed by atoms with Crippen LogP contribution in [0.2, 0.25) is 0 Å². The Bertz CT molecular complexity index is 527. The molecule has 2 nitrogen and oxygen atoms in total. The fraction of sp³-hybridized carbons (Fsp3) is 0.188. The Labute approximate surface area is 107 Å². The van der Waals surface area contributed by atoms with Crippen LogP contribution in [0.4, 0.5) is 0 Å². The van der Waals surface area contributed by atoms with E-state index in [1.54, 1.807) is 0 Å². The maximum atomic E-state index is 10.6. The lowest BCUT2D eigenvalue weighted by molar-refractivity contribution is 0.112. The van der Waals surface area contributed by atoms with E-state index in [9.17, 15) is 4.79 Å². The van der Waals surface area contributed by atoms with Crippen molar-refractivity contribution in [3.63, 3.8) is 0 Å². The van der Waals surface area contributed by atoms with Gasteiger partial charge < -0.3 is 4.74 Å². The van der Waals surface area contributed by atoms with Crippen molar-refractivity contribution < 1.29 is 9.53 Å². The molecule has 2 aromatic carbocycles. The van der Waals surface area contributed by atoms with Gasteiger partial charge in [0.25, 0.3) is 0 Å². The lowest BCUT2D eigenvalue weighted by Crippen LogP contribution is -2.05. The summed E-state index contributed by atoms with van der Waals surface area (Å²) < 4.78 is 5.67. The second-order valence-corrected chi connectivity index (χ2v) is 4.43. The molecule has 0 aliphatic carbocycles. The van der Waals surface area contributed by atoms with Gasteiger partial charge in [-0.25, -0.2) is 0 Å². The molecule has 0 unspecified atom stereocenters. The van der Waals surface area contributed by atoms with E-state index in [-0.39, 0.29) is 6.10 Å². The molecule has 0 bridgehead atoms. The first-order valence-electron chi connectivity index (χ1n) is 6.01. The van der Waals surface area contributed by atoms with Crippen molar-refractivity contribution in [2.45, 2.75) is 20.0 Å². The average Bonchev–Trinajstić information content (AvgIpc) is 2.38. The average molecular weight is 240 g/mol. The zero-order valence-electron chi connectivity index (χ0n) is 10.6. The molecule has 0 heterocycles. The zero-order valence-corrected chi connectivity index (χ0v) is 10.6. The summed E-state index contributed by atoms with van der Waals surface area (Å²) in [6, 6.07) is 15.5. The number of benzene rings is 2. The number of aldehydes is 1. The van der Waals surface area contributed by atoms with Crippen LogP contribution in [0.3, 0.4) is 0 Å². The van der Waals surface area contributed by atoms with Crippen LogP contribution in [0.1, 0.15) is 24.2 Å². The van der Waals surface area contributed by atoms with Gasteiger partial charge in [0.1, 0.15) is 12.0 Å². The van der Waals surface area contributed by atoms with Gasteiger partial charge in [-0.2, -0.15) is 0 Å². The first-order valence-corrected chi connectivity index (χ1v) is 6.01. The van der Waals surface area contributed by atoms with Crippen molar-refractivity contribution in [3.05, 3.63) is 54.1 Å². The molecule has 18 heavy (non-hydrogen) atoms. The largest absolute Gasteiger partial charge is 0.491 e. The molecule has 0 fully saturated rings. The Morgan fingerprint density at radius 1 is 1.00 bits per heavy atom. The van der Waals surface area contributed by atoms with E-state index in [0.717, 1.165) is 23.2 Å². The second-order valence-electron chi connectivity index (χ2n) is 4.43. The standard InChI is InChI=1S/C16H16O2/c1-12(2)18-16-5-3-4-15(10-16)14-8-6-13(11-17)7-9-14/h3-12H,1-2H3. The number of rotatable bonds is 4. The van der Waals surface area contributed by atoms with Crippen LogP contribution in [-0.2, 0) is 0 Å². The molecule has 92 valence electrons. The minimum absolute atomic E-state index is 0.165. The van der Waals surface area contributed by atoms with Crippen molar-refractivity contribution in [1.82, 2.24) is 0 Å². The van der Waals surface area contributed by atoms with Gasteiger partial charge in [0.15, 0.2) is 0 Å². The molecule has 0 N–H and O–H groups in total. The highest BCUT2D eigenvalue weighted by molar-refractivity contribution is 5.77. The van der Waals surface area contributed by atoms with Crippen LogP contribution in [0.25, 0.3) is 11.1 Å². The number of ether oxygens (including phenoxy) is 1. The Morgan fingerprint density at radius 2 is 1.72 bits per heavy atom. The summed E-state index contributed by atoms with van der Waals surface area (Å²) >= 11 is 0. The number of carbonyl (C=O) groups excluding carboxylic acids is 1. The second kappa shape index (κ2) is 5.50. The van der Waals surface area contributed by atoms with Gasteiger partial charge in [-0.05, 0) is 37.1 Å². The molecule has 0 atom stereocenters. The van der Waals surface area contributed by atoms with Gasteiger partial charge in [0.2, 0.25) is 0 Å². The molecule has 2 heteroatoms. The first-order chi connectivity index (χ1) is 8.69. The smallest absolute Gasteiger partial charge is 0.150 e. The maximum absolute atomic E-state index is 10.6. The summed E-state index contributed by atoms with van der Waals surface area (Å²) in [6.45, 7) is 4.01. The van der Waals surface area contributed by atoms with Gasteiger partial charge in [0, 0.05) is 5.56 Å². The predicted molar refractivity (Wildman–Crippen MR) is 73.0 cm³/mol.